The fourth-order valence-corrected chi connectivity index (χ4v) is 3.50. The smallest absolute Gasteiger partial charge is 0.243 e. The number of benzene rings is 2. The van der Waals surface area contributed by atoms with Crippen LogP contribution in [0.25, 0.3) is 0 Å². The van der Waals surface area contributed by atoms with Crippen molar-refractivity contribution in [1.29, 1.82) is 0 Å². The summed E-state index contributed by atoms with van der Waals surface area (Å²) in [6, 6.07) is 12.2. The summed E-state index contributed by atoms with van der Waals surface area (Å²) >= 11 is 5.81. The van der Waals surface area contributed by atoms with Crippen LogP contribution in [0.4, 0.5) is 5.69 Å². The van der Waals surface area contributed by atoms with Crippen molar-refractivity contribution in [2.75, 3.05) is 12.3 Å². The zero-order valence-electron chi connectivity index (χ0n) is 11.0. The van der Waals surface area contributed by atoms with Gasteiger partial charge in [0.2, 0.25) is 10.0 Å². The molecule has 112 valence electrons. The molecule has 0 radical (unpaired) electrons. The van der Waals surface area contributed by atoms with Gasteiger partial charge in [-0.3, -0.25) is 0 Å². The van der Waals surface area contributed by atoms with Gasteiger partial charge in [-0.2, -0.15) is 0 Å². The minimum Gasteiger partial charge on any atom is -0.398 e. The van der Waals surface area contributed by atoms with Gasteiger partial charge in [-0.15, -0.1) is 0 Å². The molecule has 0 aromatic heterocycles. The molecular formula is C14H15ClN2O3S. The Morgan fingerprint density at radius 3 is 2.48 bits per heavy atom. The molecular weight excluding hydrogens is 312 g/mol. The normalized spacial score (nSPS) is 13.0. The average molecular weight is 327 g/mol. The maximum Gasteiger partial charge on any atom is 0.243 e. The molecule has 0 aliphatic carbocycles. The van der Waals surface area contributed by atoms with E-state index in [1.165, 1.54) is 18.2 Å². The van der Waals surface area contributed by atoms with Crippen LogP contribution in [0.1, 0.15) is 11.6 Å². The van der Waals surface area contributed by atoms with Crippen LogP contribution in [0.3, 0.4) is 0 Å². The van der Waals surface area contributed by atoms with Gasteiger partial charge in [-0.05, 0) is 23.8 Å². The summed E-state index contributed by atoms with van der Waals surface area (Å²) in [6.07, 6.45) is 0. The van der Waals surface area contributed by atoms with Gasteiger partial charge in [0.1, 0.15) is 4.90 Å². The molecule has 4 N–H and O–H groups in total. The van der Waals surface area contributed by atoms with Crippen molar-refractivity contribution in [3.8, 4) is 0 Å². The second-order valence-corrected chi connectivity index (χ2v) is 6.57. The van der Waals surface area contributed by atoms with Crippen LogP contribution in [-0.4, -0.2) is 20.1 Å². The number of nitrogen functional groups attached to an aromatic ring is 1. The molecule has 7 heteroatoms. The Kier molecular flexibility index (Phi) is 4.84. The van der Waals surface area contributed by atoms with Crippen LogP contribution in [0, 0.1) is 0 Å². The number of halogens is 1. The van der Waals surface area contributed by atoms with Gasteiger partial charge >= 0.3 is 0 Å². The number of rotatable bonds is 5. The van der Waals surface area contributed by atoms with E-state index in [9.17, 15) is 13.5 Å². The zero-order chi connectivity index (χ0) is 15.5. The van der Waals surface area contributed by atoms with Gasteiger partial charge in [0, 0.05) is 5.02 Å². The van der Waals surface area contributed by atoms with E-state index in [1.54, 1.807) is 30.3 Å². The molecule has 5 nitrogen and oxygen atoms in total. The minimum absolute atomic E-state index is 0.0941. The molecule has 1 atom stereocenters. The lowest BCUT2D eigenvalue weighted by Gasteiger charge is -2.17. The van der Waals surface area contributed by atoms with Crippen molar-refractivity contribution < 1.29 is 13.5 Å². The average Bonchev–Trinajstić information content (AvgIpc) is 2.48. The maximum atomic E-state index is 12.4. The Morgan fingerprint density at radius 1 is 1.19 bits per heavy atom. The van der Waals surface area contributed by atoms with E-state index in [-0.39, 0.29) is 22.2 Å². The minimum atomic E-state index is -3.89. The number of nitrogens with one attached hydrogen (secondary N) is 1. The molecule has 0 unspecified atom stereocenters. The molecule has 0 saturated carbocycles. The van der Waals surface area contributed by atoms with Crippen molar-refractivity contribution in [2.24, 2.45) is 0 Å². The molecule has 0 aliphatic rings. The molecule has 0 heterocycles. The summed E-state index contributed by atoms with van der Waals surface area (Å²) in [6.45, 7) is -0.371. The van der Waals surface area contributed by atoms with E-state index in [0.29, 0.717) is 5.56 Å². The highest BCUT2D eigenvalue weighted by atomic mass is 35.5. The van der Waals surface area contributed by atoms with Crippen LogP contribution in [0.2, 0.25) is 5.02 Å². The molecule has 21 heavy (non-hydrogen) atoms. The fourth-order valence-electron chi connectivity index (χ4n) is 1.89. The molecule has 2 aromatic carbocycles. The fraction of sp³-hybridized carbons (Fsp3) is 0.143. The number of nitrogens with two attached hydrogens (primary N) is 1. The molecule has 0 bridgehead atoms. The van der Waals surface area contributed by atoms with Crippen molar-refractivity contribution in [1.82, 2.24) is 4.72 Å². The van der Waals surface area contributed by atoms with E-state index < -0.39 is 16.1 Å². The standard InChI is InChI=1S/C14H15ClN2O3S/c15-11-6-7-12(16)14(8-11)21(19,20)17-13(9-18)10-4-2-1-3-5-10/h1-8,13,17-18H,9,16H2/t13-/m0/s1. The summed E-state index contributed by atoms with van der Waals surface area (Å²) < 4.78 is 27.2. The lowest BCUT2D eigenvalue weighted by molar-refractivity contribution is 0.259. The van der Waals surface area contributed by atoms with E-state index in [0.717, 1.165) is 0 Å². The van der Waals surface area contributed by atoms with Crippen molar-refractivity contribution in [3.63, 3.8) is 0 Å². The largest absolute Gasteiger partial charge is 0.398 e. The molecule has 0 spiro atoms. The zero-order valence-corrected chi connectivity index (χ0v) is 12.6. The molecule has 2 rings (SSSR count). The van der Waals surface area contributed by atoms with Gasteiger partial charge < -0.3 is 10.8 Å². The van der Waals surface area contributed by atoms with Gasteiger partial charge in [0.25, 0.3) is 0 Å². The second-order valence-electron chi connectivity index (χ2n) is 4.45. The highest BCUT2D eigenvalue weighted by Gasteiger charge is 2.23. The van der Waals surface area contributed by atoms with E-state index in [4.69, 9.17) is 17.3 Å². The monoisotopic (exact) mass is 326 g/mol. The van der Waals surface area contributed by atoms with Crippen LogP contribution < -0.4 is 10.5 Å². The van der Waals surface area contributed by atoms with Crippen LogP contribution in [0.15, 0.2) is 53.4 Å². The highest BCUT2D eigenvalue weighted by Crippen LogP contribution is 2.24. The van der Waals surface area contributed by atoms with Crippen molar-refractivity contribution >= 4 is 27.3 Å². The SMILES string of the molecule is Nc1ccc(Cl)cc1S(=O)(=O)N[C@@H](CO)c1ccccc1. The van der Waals surface area contributed by atoms with Crippen LogP contribution in [0.5, 0.6) is 0 Å². The summed E-state index contributed by atoms with van der Waals surface area (Å²) in [5, 5.41) is 9.70. The summed E-state index contributed by atoms with van der Waals surface area (Å²) in [4.78, 5) is -0.107. The number of hydrogen-bond donors (Lipinski definition) is 3. The molecule has 0 fully saturated rings. The summed E-state index contributed by atoms with van der Waals surface area (Å²) in [5.74, 6) is 0. The number of aliphatic hydroxyl groups is 1. The van der Waals surface area contributed by atoms with E-state index >= 15 is 0 Å². The van der Waals surface area contributed by atoms with E-state index in [1.807, 2.05) is 0 Å². The molecule has 0 saturated heterocycles. The first-order chi connectivity index (χ1) is 9.94. The predicted molar refractivity (Wildman–Crippen MR) is 82.5 cm³/mol. The van der Waals surface area contributed by atoms with Crippen LogP contribution >= 0.6 is 11.6 Å². The van der Waals surface area contributed by atoms with Gasteiger partial charge in [0.15, 0.2) is 0 Å². The molecule has 0 amide bonds. The summed E-state index contributed by atoms with van der Waals surface area (Å²) in [5.41, 5.74) is 6.44. The van der Waals surface area contributed by atoms with Gasteiger partial charge in [-0.1, -0.05) is 41.9 Å². The maximum absolute atomic E-state index is 12.4. The molecule has 0 aliphatic heterocycles. The highest BCUT2D eigenvalue weighted by molar-refractivity contribution is 7.89. The third-order valence-electron chi connectivity index (χ3n) is 2.95. The van der Waals surface area contributed by atoms with E-state index in [2.05, 4.69) is 4.72 Å². The van der Waals surface area contributed by atoms with Crippen LogP contribution in [-0.2, 0) is 10.0 Å². The Hall–Kier alpha value is -1.60. The van der Waals surface area contributed by atoms with Crippen molar-refractivity contribution in [2.45, 2.75) is 10.9 Å². The third-order valence-corrected chi connectivity index (χ3v) is 4.71. The Labute approximate surface area is 128 Å². The number of anilines is 1. The Morgan fingerprint density at radius 2 is 1.86 bits per heavy atom. The predicted octanol–water partition coefficient (Wildman–Crippen LogP) is 1.93. The summed E-state index contributed by atoms with van der Waals surface area (Å²) in [7, 11) is -3.89. The first-order valence-electron chi connectivity index (χ1n) is 6.17. The number of sulfonamides is 1. The first kappa shape index (κ1) is 15.8. The molecule has 2 aromatic rings. The second kappa shape index (κ2) is 6.44. The van der Waals surface area contributed by atoms with Gasteiger partial charge in [0.05, 0.1) is 18.3 Å². The first-order valence-corrected chi connectivity index (χ1v) is 8.03. The quantitative estimate of drug-likeness (QED) is 0.732. The number of aliphatic hydroxyl groups excluding tert-OH is 1. The Bertz CT molecular complexity index is 720. The third kappa shape index (κ3) is 3.74. The van der Waals surface area contributed by atoms with Crippen molar-refractivity contribution in [3.05, 3.63) is 59.1 Å². The topological polar surface area (TPSA) is 92.4 Å². The Balaban J connectivity index is 2.34. The lowest BCUT2D eigenvalue weighted by atomic mass is 10.1. The lowest BCUT2D eigenvalue weighted by Crippen LogP contribution is -2.31. The number of hydrogen-bond acceptors (Lipinski definition) is 4. The van der Waals surface area contributed by atoms with Gasteiger partial charge in [-0.25, -0.2) is 13.1 Å².